The molecule has 5 nitrogen and oxygen atoms in total. The fraction of sp³-hybridized carbons (Fsp3) is 0.389. The van der Waals surface area contributed by atoms with Crippen LogP contribution in [0, 0.1) is 12.8 Å². The molecule has 2 aromatic rings. The van der Waals surface area contributed by atoms with Crippen molar-refractivity contribution >= 4 is 5.91 Å². The minimum atomic E-state index is -0.120. The molecule has 1 atom stereocenters. The highest BCUT2D eigenvalue weighted by Gasteiger charge is 2.17. The van der Waals surface area contributed by atoms with Crippen molar-refractivity contribution in [3.8, 4) is 5.75 Å². The van der Waals surface area contributed by atoms with Crippen LogP contribution in [0.2, 0.25) is 0 Å². The van der Waals surface area contributed by atoms with E-state index in [1.54, 1.807) is 18.3 Å². The molecule has 5 heteroatoms. The normalized spacial score (nSPS) is 17.2. The SMILES string of the molecule is Cc1ccc(CNC(=O)c2ccc[nH]2)c(OC[C@@H]2CCOC2)c1. The number of carbonyl (C=O) groups excluding carboxylic acids is 1. The minimum Gasteiger partial charge on any atom is -0.493 e. The van der Waals surface area contributed by atoms with Crippen LogP contribution in [-0.2, 0) is 11.3 Å². The van der Waals surface area contributed by atoms with E-state index in [-0.39, 0.29) is 5.91 Å². The van der Waals surface area contributed by atoms with Gasteiger partial charge in [0.2, 0.25) is 0 Å². The van der Waals surface area contributed by atoms with Crippen LogP contribution >= 0.6 is 0 Å². The molecule has 0 unspecified atom stereocenters. The Morgan fingerprint density at radius 3 is 3.09 bits per heavy atom. The summed E-state index contributed by atoms with van der Waals surface area (Å²) < 4.78 is 11.4. The summed E-state index contributed by atoms with van der Waals surface area (Å²) in [7, 11) is 0. The van der Waals surface area contributed by atoms with Crippen molar-refractivity contribution < 1.29 is 14.3 Å². The molecule has 3 rings (SSSR count). The van der Waals surface area contributed by atoms with Crippen LogP contribution < -0.4 is 10.1 Å². The first-order valence-electron chi connectivity index (χ1n) is 7.94. The number of hydrogen-bond acceptors (Lipinski definition) is 3. The molecule has 2 heterocycles. The number of carbonyl (C=O) groups is 1. The van der Waals surface area contributed by atoms with Gasteiger partial charge in [0, 0.05) is 30.8 Å². The van der Waals surface area contributed by atoms with E-state index in [1.807, 2.05) is 25.1 Å². The summed E-state index contributed by atoms with van der Waals surface area (Å²) in [5.74, 6) is 1.17. The number of aryl methyl sites for hydroxylation is 1. The predicted octanol–water partition coefficient (Wildman–Crippen LogP) is 2.67. The Labute approximate surface area is 136 Å². The molecule has 1 saturated heterocycles. The van der Waals surface area contributed by atoms with E-state index in [1.165, 1.54) is 0 Å². The zero-order chi connectivity index (χ0) is 16.1. The topological polar surface area (TPSA) is 63.4 Å². The van der Waals surface area contributed by atoms with Gasteiger partial charge in [-0.05, 0) is 37.1 Å². The molecule has 1 fully saturated rings. The number of aromatic nitrogens is 1. The number of hydrogen-bond donors (Lipinski definition) is 2. The second-order valence-corrected chi connectivity index (χ2v) is 5.92. The lowest BCUT2D eigenvalue weighted by Crippen LogP contribution is -2.23. The highest BCUT2D eigenvalue weighted by Crippen LogP contribution is 2.22. The molecule has 0 spiro atoms. The molecular formula is C18H22N2O3. The maximum atomic E-state index is 12.0. The molecule has 1 amide bonds. The molecule has 1 aromatic carbocycles. The number of nitrogens with one attached hydrogen (secondary N) is 2. The average molecular weight is 314 g/mol. The monoisotopic (exact) mass is 314 g/mol. The third-order valence-corrected chi connectivity index (χ3v) is 4.00. The van der Waals surface area contributed by atoms with E-state index in [0.717, 1.165) is 36.5 Å². The summed E-state index contributed by atoms with van der Waals surface area (Å²) in [5, 5.41) is 2.91. The van der Waals surface area contributed by atoms with Gasteiger partial charge in [-0.15, -0.1) is 0 Å². The molecule has 0 bridgehead atoms. The zero-order valence-electron chi connectivity index (χ0n) is 13.3. The lowest BCUT2D eigenvalue weighted by molar-refractivity contribution is 0.0946. The highest BCUT2D eigenvalue weighted by atomic mass is 16.5. The van der Waals surface area contributed by atoms with Crippen molar-refractivity contribution in [3.63, 3.8) is 0 Å². The van der Waals surface area contributed by atoms with Crippen LogP contribution in [0.4, 0.5) is 0 Å². The lowest BCUT2D eigenvalue weighted by Gasteiger charge is -2.15. The van der Waals surface area contributed by atoms with Crippen molar-refractivity contribution in [1.82, 2.24) is 10.3 Å². The Kier molecular flexibility index (Phi) is 4.98. The number of benzene rings is 1. The number of aromatic amines is 1. The molecule has 0 saturated carbocycles. The minimum absolute atomic E-state index is 0.120. The highest BCUT2D eigenvalue weighted by molar-refractivity contribution is 5.92. The molecule has 0 aliphatic carbocycles. The first-order valence-corrected chi connectivity index (χ1v) is 7.94. The van der Waals surface area contributed by atoms with Crippen LogP contribution in [0.3, 0.4) is 0 Å². The Morgan fingerprint density at radius 2 is 2.35 bits per heavy atom. The Morgan fingerprint density at radius 1 is 1.43 bits per heavy atom. The van der Waals surface area contributed by atoms with Crippen molar-refractivity contribution in [2.75, 3.05) is 19.8 Å². The van der Waals surface area contributed by atoms with Crippen LogP contribution in [0.1, 0.15) is 28.0 Å². The van der Waals surface area contributed by atoms with Crippen LogP contribution in [0.5, 0.6) is 5.75 Å². The van der Waals surface area contributed by atoms with Crippen LogP contribution in [0.15, 0.2) is 36.5 Å². The van der Waals surface area contributed by atoms with Crippen LogP contribution in [0.25, 0.3) is 0 Å². The van der Waals surface area contributed by atoms with Gasteiger partial charge < -0.3 is 19.8 Å². The van der Waals surface area contributed by atoms with Gasteiger partial charge in [0.1, 0.15) is 11.4 Å². The van der Waals surface area contributed by atoms with Crippen molar-refractivity contribution in [3.05, 3.63) is 53.3 Å². The van der Waals surface area contributed by atoms with Gasteiger partial charge >= 0.3 is 0 Å². The standard InChI is InChI=1S/C18H22N2O3/c1-13-4-5-15(10-20-18(21)16-3-2-7-19-16)17(9-13)23-12-14-6-8-22-11-14/h2-5,7,9,14,19H,6,8,10-12H2,1H3,(H,20,21)/t14-/m1/s1. The number of ether oxygens (including phenoxy) is 2. The first kappa shape index (κ1) is 15.6. The summed E-state index contributed by atoms with van der Waals surface area (Å²) in [6, 6.07) is 9.61. The number of amides is 1. The summed E-state index contributed by atoms with van der Waals surface area (Å²) in [6.07, 6.45) is 2.78. The second-order valence-electron chi connectivity index (χ2n) is 5.92. The molecule has 1 aliphatic rings. The number of H-pyrrole nitrogens is 1. The third kappa shape index (κ3) is 4.13. The molecular weight excluding hydrogens is 292 g/mol. The van der Waals surface area contributed by atoms with Gasteiger partial charge in [0.05, 0.1) is 13.2 Å². The summed E-state index contributed by atoms with van der Waals surface area (Å²) in [4.78, 5) is 14.9. The fourth-order valence-electron chi connectivity index (χ4n) is 2.61. The maximum Gasteiger partial charge on any atom is 0.267 e. The quantitative estimate of drug-likeness (QED) is 0.861. The number of rotatable bonds is 6. The van der Waals surface area contributed by atoms with Gasteiger partial charge in [0.15, 0.2) is 0 Å². The van der Waals surface area contributed by atoms with E-state index >= 15 is 0 Å². The van der Waals surface area contributed by atoms with Crippen molar-refractivity contribution in [2.24, 2.45) is 5.92 Å². The molecule has 122 valence electrons. The molecule has 1 aliphatic heterocycles. The van der Waals surface area contributed by atoms with E-state index < -0.39 is 0 Å². The lowest BCUT2D eigenvalue weighted by atomic mass is 10.1. The molecule has 2 N–H and O–H groups in total. The Bertz CT molecular complexity index is 646. The smallest absolute Gasteiger partial charge is 0.267 e. The Hall–Kier alpha value is -2.27. The van der Waals surface area contributed by atoms with Crippen LogP contribution in [-0.4, -0.2) is 30.7 Å². The van der Waals surface area contributed by atoms with Gasteiger partial charge in [-0.25, -0.2) is 0 Å². The molecule has 0 radical (unpaired) electrons. The third-order valence-electron chi connectivity index (χ3n) is 4.00. The zero-order valence-corrected chi connectivity index (χ0v) is 13.3. The van der Waals surface area contributed by atoms with Crippen molar-refractivity contribution in [1.29, 1.82) is 0 Å². The fourth-order valence-corrected chi connectivity index (χ4v) is 2.61. The van der Waals surface area contributed by atoms with E-state index in [4.69, 9.17) is 9.47 Å². The van der Waals surface area contributed by atoms with E-state index in [9.17, 15) is 4.79 Å². The van der Waals surface area contributed by atoms with Gasteiger partial charge in [-0.3, -0.25) is 4.79 Å². The van der Waals surface area contributed by atoms with Gasteiger partial charge in [0.25, 0.3) is 5.91 Å². The van der Waals surface area contributed by atoms with Gasteiger partial charge in [-0.1, -0.05) is 12.1 Å². The molecule has 1 aromatic heterocycles. The maximum absolute atomic E-state index is 12.0. The first-order chi connectivity index (χ1) is 11.2. The van der Waals surface area contributed by atoms with E-state index in [2.05, 4.69) is 10.3 Å². The Balaban J connectivity index is 1.62. The van der Waals surface area contributed by atoms with Gasteiger partial charge in [-0.2, -0.15) is 0 Å². The second kappa shape index (κ2) is 7.33. The predicted molar refractivity (Wildman–Crippen MR) is 87.6 cm³/mol. The largest absolute Gasteiger partial charge is 0.493 e. The summed E-state index contributed by atoms with van der Waals surface area (Å²) in [5.41, 5.74) is 2.68. The van der Waals surface area contributed by atoms with E-state index in [0.29, 0.717) is 24.8 Å². The summed E-state index contributed by atoms with van der Waals surface area (Å²) >= 11 is 0. The average Bonchev–Trinajstić information content (AvgIpc) is 3.25. The van der Waals surface area contributed by atoms with Crippen molar-refractivity contribution in [2.45, 2.75) is 19.9 Å². The summed E-state index contributed by atoms with van der Waals surface area (Å²) in [6.45, 7) is 4.72. The molecule has 23 heavy (non-hydrogen) atoms.